The minimum Gasteiger partial charge on any atom is -0.455 e. The number of hydrogen-bond acceptors (Lipinski definition) is 5. The molecule has 262 valence electrons. The largest absolute Gasteiger partial charge is 0.455 e. The third-order valence-electron chi connectivity index (χ3n) is 9.49. The fraction of sp³-hybridized carbons (Fsp3) is 0.250. The van der Waals surface area contributed by atoms with E-state index in [2.05, 4.69) is 77.7 Å². The van der Waals surface area contributed by atoms with Crippen molar-refractivity contribution in [3.05, 3.63) is 119 Å². The van der Waals surface area contributed by atoms with E-state index in [1.807, 2.05) is 42.7 Å². The van der Waals surface area contributed by atoms with E-state index in [9.17, 15) is 18.4 Å². The lowest BCUT2D eigenvalue weighted by Crippen LogP contribution is -2.10. The van der Waals surface area contributed by atoms with E-state index in [0.717, 1.165) is 50.9 Å². The summed E-state index contributed by atoms with van der Waals surface area (Å²) in [6, 6.07) is 24.9. The van der Waals surface area contributed by atoms with E-state index in [0.29, 0.717) is 39.4 Å². The maximum Gasteiger partial charge on any atom is 0.416 e. The third kappa shape index (κ3) is 6.15. The van der Waals surface area contributed by atoms with Crippen LogP contribution in [0.15, 0.2) is 100 Å². The predicted molar refractivity (Wildman–Crippen MR) is 200 cm³/mol. The molecule has 0 radical (unpaired) electrons. The monoisotopic (exact) mass is 697 g/mol. The number of aromatic nitrogens is 2. The zero-order valence-corrected chi connectivity index (χ0v) is 30.1. The molecule has 0 saturated heterocycles. The average molecular weight is 698 g/mol. The quantitative estimate of drug-likeness (QED) is 0.173. The molecule has 0 aliphatic carbocycles. The number of para-hydroxylation sites is 1. The average Bonchev–Trinajstić information content (AvgIpc) is 3.76. The topological polar surface area (TPSA) is 75.8 Å². The number of alkyl halides is 3. The van der Waals surface area contributed by atoms with E-state index in [1.54, 1.807) is 6.07 Å². The van der Waals surface area contributed by atoms with Gasteiger partial charge in [0.2, 0.25) is 0 Å². The van der Waals surface area contributed by atoms with E-state index in [-0.39, 0.29) is 17.3 Å². The van der Waals surface area contributed by atoms with Crippen molar-refractivity contribution in [1.29, 1.82) is 5.26 Å². The van der Waals surface area contributed by atoms with Gasteiger partial charge in [-0.3, -0.25) is 4.98 Å². The van der Waals surface area contributed by atoms with Crippen LogP contribution in [-0.4, -0.2) is 9.97 Å². The van der Waals surface area contributed by atoms with Gasteiger partial charge in [-0.25, -0.2) is 4.98 Å². The van der Waals surface area contributed by atoms with Gasteiger partial charge in [0.1, 0.15) is 11.2 Å². The second-order valence-corrected chi connectivity index (χ2v) is 14.9. The number of furan rings is 1. The van der Waals surface area contributed by atoms with Crippen LogP contribution in [0.25, 0.3) is 66.8 Å². The Labute approximate surface area is 300 Å². The van der Waals surface area contributed by atoms with Gasteiger partial charge in [-0.05, 0) is 94.3 Å². The van der Waals surface area contributed by atoms with E-state index >= 15 is 0 Å². The third-order valence-corrected chi connectivity index (χ3v) is 9.49. The molecule has 5 nitrogen and oxygen atoms in total. The van der Waals surface area contributed by atoms with E-state index in [4.69, 9.17) is 13.8 Å². The number of nitrogens with zero attached hydrogens (tertiary/aromatic N) is 3. The molecule has 0 N–H and O–H groups in total. The molecule has 7 aromatic rings. The highest BCUT2D eigenvalue weighted by molar-refractivity contribution is 6.13. The molecule has 0 bridgehead atoms. The maximum absolute atomic E-state index is 13.4. The summed E-state index contributed by atoms with van der Waals surface area (Å²) in [5, 5.41) is 11.6. The lowest BCUT2D eigenvalue weighted by Gasteiger charge is -2.22. The zero-order valence-electron chi connectivity index (χ0n) is 30.1. The van der Waals surface area contributed by atoms with Gasteiger partial charge >= 0.3 is 6.18 Å². The van der Waals surface area contributed by atoms with Crippen LogP contribution < -0.4 is 0 Å². The van der Waals surface area contributed by atoms with Crippen molar-refractivity contribution in [2.75, 3.05) is 0 Å². The molecule has 3 heterocycles. The highest BCUT2D eigenvalue weighted by atomic mass is 19.4. The summed E-state index contributed by atoms with van der Waals surface area (Å²) < 4.78 is 53.0. The van der Waals surface area contributed by atoms with Crippen molar-refractivity contribution in [1.82, 2.24) is 9.97 Å². The first-order valence-electron chi connectivity index (χ1n) is 17.3. The fourth-order valence-electron chi connectivity index (χ4n) is 6.83. The van der Waals surface area contributed by atoms with Crippen molar-refractivity contribution >= 4 is 21.9 Å². The lowest BCUT2D eigenvalue weighted by molar-refractivity contribution is -0.137. The summed E-state index contributed by atoms with van der Waals surface area (Å²) in [6.07, 6.45) is -0.855. The van der Waals surface area contributed by atoms with Gasteiger partial charge in [-0.15, -0.1) is 0 Å². The normalized spacial score (nSPS) is 12.4. The summed E-state index contributed by atoms with van der Waals surface area (Å²) in [5.74, 6) is 1.83. The first-order chi connectivity index (χ1) is 24.7. The molecule has 3 aromatic heterocycles. The molecule has 7 rings (SSSR count). The second-order valence-electron chi connectivity index (χ2n) is 14.9. The molecule has 4 aromatic carbocycles. The van der Waals surface area contributed by atoms with Crippen LogP contribution in [0.3, 0.4) is 0 Å². The molecule has 0 unspecified atom stereocenters. The highest BCUT2D eigenvalue weighted by Gasteiger charge is 2.30. The summed E-state index contributed by atoms with van der Waals surface area (Å²) in [6.45, 7) is 15.0. The van der Waals surface area contributed by atoms with E-state index in [1.165, 1.54) is 23.3 Å². The molecular weight excluding hydrogens is 659 g/mol. The maximum atomic E-state index is 13.4. The molecule has 0 spiro atoms. The van der Waals surface area contributed by atoms with Gasteiger partial charge < -0.3 is 8.83 Å². The number of halogens is 3. The molecule has 0 atom stereocenters. The number of fused-ring (bicyclic) bond motifs is 3. The summed E-state index contributed by atoms with van der Waals surface area (Å²) in [7, 11) is 0. The Morgan fingerprint density at radius 1 is 0.692 bits per heavy atom. The van der Waals surface area contributed by atoms with Crippen LogP contribution in [0.4, 0.5) is 13.2 Å². The lowest BCUT2D eigenvalue weighted by atomic mass is 9.83. The number of benzene rings is 4. The molecule has 8 heteroatoms. The Morgan fingerprint density at radius 2 is 1.37 bits per heavy atom. The number of pyridine rings is 1. The standard InChI is InChI=1S/C44H38F3N3O2/c1-24(2)34-19-29(37-23-50-42(51-37)43(5,6)7)20-35(25(3)4)39(34)27-17-18-49-36(21-27)33-10-8-9-31-32-16-13-28(22-48)38(41(32)52-40(31)33)26-11-14-30(15-12-26)44(45,46)47/h8-21,23-25H,1-7H3. The highest BCUT2D eigenvalue weighted by Crippen LogP contribution is 2.44. The Balaban J connectivity index is 1.39. The first-order valence-corrected chi connectivity index (χ1v) is 17.3. The number of oxazole rings is 1. The van der Waals surface area contributed by atoms with Crippen LogP contribution in [0.2, 0.25) is 0 Å². The zero-order chi connectivity index (χ0) is 37.1. The number of hydrogen-bond donors (Lipinski definition) is 0. The van der Waals surface area contributed by atoms with Gasteiger partial charge in [0.05, 0.1) is 29.1 Å². The van der Waals surface area contributed by atoms with Crippen LogP contribution >= 0.6 is 0 Å². The van der Waals surface area contributed by atoms with Crippen LogP contribution in [-0.2, 0) is 11.6 Å². The fourth-order valence-corrected chi connectivity index (χ4v) is 6.83. The molecule has 0 saturated carbocycles. The molecule has 0 amide bonds. The number of nitriles is 1. The molecular formula is C44H38F3N3O2. The minimum atomic E-state index is -4.47. The molecule has 0 aliphatic heterocycles. The Bertz CT molecular complexity index is 2480. The predicted octanol–water partition coefficient (Wildman–Crippen LogP) is 13.1. The second kappa shape index (κ2) is 12.8. The van der Waals surface area contributed by atoms with Crippen molar-refractivity contribution in [3.8, 4) is 50.9 Å². The Morgan fingerprint density at radius 3 is 1.96 bits per heavy atom. The molecule has 52 heavy (non-hydrogen) atoms. The van der Waals surface area contributed by atoms with Gasteiger partial charge in [-0.2, -0.15) is 18.4 Å². The minimum absolute atomic E-state index is 0.200. The first kappa shape index (κ1) is 34.8. The van der Waals surface area contributed by atoms with Gasteiger partial charge in [0.25, 0.3) is 0 Å². The van der Waals surface area contributed by atoms with Gasteiger partial charge in [0.15, 0.2) is 11.7 Å². The van der Waals surface area contributed by atoms with Crippen molar-refractivity contribution in [2.24, 2.45) is 0 Å². The van der Waals surface area contributed by atoms with Crippen LogP contribution in [0.5, 0.6) is 0 Å². The van der Waals surface area contributed by atoms with Crippen molar-refractivity contribution < 1.29 is 22.0 Å². The Hall–Kier alpha value is -5.68. The summed E-state index contributed by atoms with van der Waals surface area (Å²) in [4.78, 5) is 9.38. The summed E-state index contributed by atoms with van der Waals surface area (Å²) >= 11 is 0. The van der Waals surface area contributed by atoms with Crippen molar-refractivity contribution in [2.45, 2.75) is 71.9 Å². The molecule has 0 fully saturated rings. The Kier molecular flexibility index (Phi) is 8.57. The molecule has 0 aliphatic rings. The van der Waals surface area contributed by atoms with Crippen molar-refractivity contribution in [3.63, 3.8) is 0 Å². The van der Waals surface area contributed by atoms with Crippen LogP contribution in [0.1, 0.15) is 88.4 Å². The van der Waals surface area contributed by atoms with Crippen LogP contribution in [0, 0.1) is 11.3 Å². The van der Waals surface area contributed by atoms with E-state index < -0.39 is 11.7 Å². The number of rotatable bonds is 6. The smallest absolute Gasteiger partial charge is 0.416 e. The van der Waals surface area contributed by atoms with Gasteiger partial charge in [-0.1, -0.05) is 72.7 Å². The van der Waals surface area contributed by atoms with Gasteiger partial charge in [0, 0.05) is 39.1 Å². The summed E-state index contributed by atoms with van der Waals surface area (Å²) in [5.41, 5.74) is 8.22. The SMILES string of the molecule is CC(C)c1cc(-c2cnc(C(C)(C)C)o2)cc(C(C)C)c1-c1ccnc(-c2cccc3c2oc2c(-c4ccc(C(F)(F)F)cc4)c(C#N)ccc23)c1.